The summed E-state index contributed by atoms with van der Waals surface area (Å²) in [6, 6.07) is 16.9. The Morgan fingerprint density at radius 3 is 2.53 bits per heavy atom. The SMILES string of the molecule is O=C(C=Cc1ccc(S(=O)(=O)N2CCc3ccccc32)cc1)OCC(=O)c1ccc(Cl)s1. The molecule has 0 bridgehead atoms. The highest BCUT2D eigenvalue weighted by molar-refractivity contribution is 7.92. The van der Waals surface area contributed by atoms with E-state index >= 15 is 0 Å². The predicted octanol–water partition coefficient (Wildman–Crippen LogP) is 4.59. The van der Waals surface area contributed by atoms with Gasteiger partial charge in [-0.05, 0) is 54.0 Å². The van der Waals surface area contributed by atoms with Gasteiger partial charge in [-0.2, -0.15) is 0 Å². The highest BCUT2D eigenvalue weighted by Crippen LogP contribution is 2.32. The van der Waals surface area contributed by atoms with Crippen molar-refractivity contribution < 1.29 is 22.7 Å². The summed E-state index contributed by atoms with van der Waals surface area (Å²) in [6.07, 6.45) is 3.37. The summed E-state index contributed by atoms with van der Waals surface area (Å²) in [5, 5.41) is 0. The zero-order valence-corrected chi connectivity index (χ0v) is 19.1. The highest BCUT2D eigenvalue weighted by Gasteiger charge is 2.30. The third-order valence-electron chi connectivity index (χ3n) is 4.92. The number of nitrogens with zero attached hydrogens (tertiary/aromatic N) is 1. The average molecular weight is 488 g/mol. The molecule has 2 heterocycles. The van der Waals surface area contributed by atoms with Gasteiger partial charge in [-0.15, -0.1) is 11.3 Å². The number of esters is 1. The molecule has 0 saturated carbocycles. The molecule has 0 saturated heterocycles. The Hall–Kier alpha value is -2.94. The number of halogens is 1. The molecule has 0 unspecified atom stereocenters. The van der Waals surface area contributed by atoms with Gasteiger partial charge in [0.1, 0.15) is 0 Å². The lowest BCUT2D eigenvalue weighted by atomic mass is 10.2. The molecule has 0 atom stereocenters. The normalized spacial score (nSPS) is 13.3. The number of carbonyl (C=O) groups is 2. The fraction of sp³-hybridized carbons (Fsp3) is 0.130. The molecule has 164 valence electrons. The van der Waals surface area contributed by atoms with Crippen molar-refractivity contribution in [1.82, 2.24) is 0 Å². The molecule has 1 aliphatic heterocycles. The first kappa shape index (κ1) is 22.3. The molecule has 1 aromatic heterocycles. The van der Waals surface area contributed by atoms with E-state index in [0.29, 0.717) is 33.4 Å². The second-order valence-electron chi connectivity index (χ2n) is 6.99. The third kappa shape index (κ3) is 4.77. The molecule has 0 amide bonds. The number of hydrogen-bond acceptors (Lipinski definition) is 6. The minimum absolute atomic E-state index is 0.175. The molecule has 0 fully saturated rings. The van der Waals surface area contributed by atoms with E-state index in [1.807, 2.05) is 18.2 Å². The van der Waals surface area contributed by atoms with Crippen LogP contribution in [-0.4, -0.2) is 33.3 Å². The Labute approximate surface area is 194 Å². The molecule has 2 aromatic carbocycles. The molecule has 0 spiro atoms. The molecule has 1 aliphatic rings. The third-order valence-corrected chi connectivity index (χ3v) is 8.02. The van der Waals surface area contributed by atoms with Gasteiger partial charge >= 0.3 is 5.97 Å². The van der Waals surface area contributed by atoms with Crippen molar-refractivity contribution in [2.45, 2.75) is 11.3 Å². The number of fused-ring (bicyclic) bond motifs is 1. The number of Topliss-reactive ketones (excluding diaryl/α,β-unsaturated/α-hetero) is 1. The largest absolute Gasteiger partial charge is 0.454 e. The van der Waals surface area contributed by atoms with E-state index in [9.17, 15) is 18.0 Å². The fourth-order valence-electron chi connectivity index (χ4n) is 3.32. The molecule has 0 N–H and O–H groups in total. The molecule has 3 aromatic rings. The summed E-state index contributed by atoms with van der Waals surface area (Å²) in [4.78, 5) is 24.4. The molecule has 0 aliphatic carbocycles. The van der Waals surface area contributed by atoms with Crippen LogP contribution in [0.15, 0.2) is 71.6 Å². The van der Waals surface area contributed by atoms with Crippen molar-refractivity contribution in [3.8, 4) is 0 Å². The van der Waals surface area contributed by atoms with Crippen molar-refractivity contribution in [3.63, 3.8) is 0 Å². The van der Waals surface area contributed by atoms with Crippen molar-refractivity contribution >= 4 is 56.5 Å². The maximum Gasteiger partial charge on any atom is 0.331 e. The van der Waals surface area contributed by atoms with Gasteiger partial charge in [-0.25, -0.2) is 13.2 Å². The number of sulfonamides is 1. The van der Waals surface area contributed by atoms with E-state index in [0.717, 1.165) is 16.9 Å². The Morgan fingerprint density at radius 1 is 1.06 bits per heavy atom. The van der Waals surface area contributed by atoms with Gasteiger partial charge in [0.25, 0.3) is 10.0 Å². The van der Waals surface area contributed by atoms with E-state index in [4.69, 9.17) is 16.3 Å². The van der Waals surface area contributed by atoms with Crippen LogP contribution in [-0.2, 0) is 26.0 Å². The van der Waals surface area contributed by atoms with Crippen molar-refractivity contribution in [1.29, 1.82) is 0 Å². The minimum Gasteiger partial charge on any atom is -0.454 e. The van der Waals surface area contributed by atoms with E-state index in [1.165, 1.54) is 28.6 Å². The first-order valence-corrected chi connectivity index (χ1v) is 12.3. The molecule has 6 nitrogen and oxygen atoms in total. The minimum atomic E-state index is -3.67. The molecular formula is C23H18ClNO5S2. The van der Waals surface area contributed by atoms with E-state index in [1.54, 1.807) is 30.3 Å². The predicted molar refractivity (Wildman–Crippen MR) is 125 cm³/mol. The van der Waals surface area contributed by atoms with Crippen LogP contribution < -0.4 is 4.31 Å². The van der Waals surface area contributed by atoms with Crippen LogP contribution in [0, 0.1) is 0 Å². The van der Waals surface area contributed by atoms with Crippen LogP contribution in [0.5, 0.6) is 0 Å². The summed E-state index contributed by atoms with van der Waals surface area (Å²) in [5.41, 5.74) is 2.34. The van der Waals surface area contributed by atoms with Crippen LogP contribution in [0.4, 0.5) is 5.69 Å². The monoisotopic (exact) mass is 487 g/mol. The first-order valence-electron chi connectivity index (χ1n) is 9.69. The van der Waals surface area contributed by atoms with Crippen molar-refractivity contribution in [3.05, 3.63) is 87.1 Å². The standard InChI is InChI=1S/C23H18ClNO5S2/c24-22-11-10-21(31-22)20(26)15-30-23(27)12-7-16-5-8-18(9-6-16)32(28,29)25-14-13-17-3-1-2-4-19(17)25/h1-12H,13-15H2. The van der Waals surface area contributed by atoms with Crippen molar-refractivity contribution in [2.24, 2.45) is 0 Å². The smallest absolute Gasteiger partial charge is 0.331 e. The van der Waals surface area contributed by atoms with Crippen LogP contribution in [0.2, 0.25) is 4.34 Å². The molecule has 32 heavy (non-hydrogen) atoms. The summed E-state index contributed by atoms with van der Waals surface area (Å²) < 4.78 is 32.9. The Balaban J connectivity index is 1.38. The van der Waals surface area contributed by atoms with Gasteiger partial charge in [0.15, 0.2) is 6.61 Å². The highest BCUT2D eigenvalue weighted by atomic mass is 35.5. The zero-order chi connectivity index (χ0) is 22.7. The summed E-state index contributed by atoms with van der Waals surface area (Å²) in [6.45, 7) is 0.0279. The number of anilines is 1. The van der Waals surface area contributed by atoms with Gasteiger partial charge in [-0.1, -0.05) is 41.9 Å². The lowest BCUT2D eigenvalue weighted by Crippen LogP contribution is -2.29. The first-order chi connectivity index (χ1) is 15.3. The Bertz CT molecular complexity index is 1300. The number of thiophene rings is 1. The fourth-order valence-corrected chi connectivity index (χ4v) is 5.79. The Morgan fingerprint density at radius 2 is 1.81 bits per heavy atom. The van der Waals surface area contributed by atoms with Gasteiger partial charge in [-0.3, -0.25) is 9.10 Å². The summed E-state index contributed by atoms with van der Waals surface area (Å²) in [7, 11) is -3.67. The number of carbonyl (C=O) groups excluding carboxylic acids is 2. The van der Waals surface area contributed by atoms with Gasteiger partial charge in [0, 0.05) is 12.6 Å². The Kier molecular flexibility index (Phi) is 6.45. The van der Waals surface area contributed by atoms with Crippen LogP contribution in [0.25, 0.3) is 6.08 Å². The second-order valence-corrected chi connectivity index (χ2v) is 10.6. The quantitative estimate of drug-likeness (QED) is 0.276. The maximum absolute atomic E-state index is 13.0. The van der Waals surface area contributed by atoms with Gasteiger partial charge in [0.2, 0.25) is 5.78 Å². The van der Waals surface area contributed by atoms with E-state index in [2.05, 4.69) is 0 Å². The van der Waals surface area contributed by atoms with Crippen LogP contribution >= 0.6 is 22.9 Å². The lowest BCUT2D eigenvalue weighted by molar-refractivity contribution is -0.136. The van der Waals surface area contributed by atoms with Gasteiger partial charge in [0.05, 0.1) is 19.8 Å². The summed E-state index contributed by atoms with van der Waals surface area (Å²) in [5.74, 6) is -1.01. The van der Waals surface area contributed by atoms with Crippen molar-refractivity contribution in [2.75, 3.05) is 17.5 Å². The van der Waals surface area contributed by atoms with Crippen LogP contribution in [0.3, 0.4) is 0 Å². The summed E-state index contributed by atoms with van der Waals surface area (Å²) >= 11 is 6.91. The van der Waals surface area contributed by atoms with Gasteiger partial charge < -0.3 is 4.74 Å². The number of hydrogen-bond donors (Lipinski definition) is 0. The number of para-hydroxylation sites is 1. The molecule has 9 heteroatoms. The van der Waals surface area contributed by atoms with E-state index < -0.39 is 16.0 Å². The molecule has 0 radical (unpaired) electrons. The maximum atomic E-state index is 13.0. The molecule has 4 rings (SSSR count). The lowest BCUT2D eigenvalue weighted by Gasteiger charge is -2.19. The van der Waals surface area contributed by atoms with E-state index in [-0.39, 0.29) is 17.3 Å². The second kappa shape index (κ2) is 9.28. The average Bonchev–Trinajstić information content (AvgIpc) is 3.43. The molecular weight excluding hydrogens is 470 g/mol. The van der Waals surface area contributed by atoms with Crippen LogP contribution in [0.1, 0.15) is 20.8 Å². The number of ketones is 1. The number of rotatable bonds is 7. The number of benzene rings is 2. The topological polar surface area (TPSA) is 80.8 Å². The zero-order valence-electron chi connectivity index (χ0n) is 16.7. The number of ether oxygens (including phenoxy) is 1.